The van der Waals surface area contributed by atoms with E-state index >= 15 is 0 Å². The second kappa shape index (κ2) is 4.34. The van der Waals surface area contributed by atoms with Crippen LogP contribution in [-0.2, 0) is 12.8 Å². The predicted molar refractivity (Wildman–Crippen MR) is 77.3 cm³/mol. The summed E-state index contributed by atoms with van der Waals surface area (Å²) in [6.07, 6.45) is 8.66. The minimum absolute atomic E-state index is 0.578. The lowest BCUT2D eigenvalue weighted by molar-refractivity contribution is 0.672. The summed E-state index contributed by atoms with van der Waals surface area (Å²) in [5, 5.41) is 8.46. The first-order valence-electron chi connectivity index (χ1n) is 7.15. The van der Waals surface area contributed by atoms with Crippen LogP contribution >= 0.6 is 11.3 Å². The number of anilines is 1. The highest BCUT2D eigenvalue weighted by molar-refractivity contribution is 7.16. The Balaban J connectivity index is 1.73. The number of nitrogen functional groups attached to an aromatic ring is 1. The third kappa shape index (κ3) is 1.79. The summed E-state index contributed by atoms with van der Waals surface area (Å²) in [4.78, 5) is 6.18. The van der Waals surface area contributed by atoms with Gasteiger partial charge in [-0.05, 0) is 37.7 Å². The molecule has 100 valence electrons. The minimum atomic E-state index is 0.578. The van der Waals surface area contributed by atoms with E-state index in [9.17, 15) is 0 Å². The topological polar surface area (TPSA) is 67.6 Å². The molecule has 2 aliphatic rings. The van der Waals surface area contributed by atoms with E-state index in [1.807, 2.05) is 0 Å². The molecule has 0 atom stereocenters. The van der Waals surface area contributed by atoms with Crippen LogP contribution in [0.4, 0.5) is 5.00 Å². The highest BCUT2D eigenvalue weighted by atomic mass is 32.1. The van der Waals surface area contributed by atoms with E-state index < -0.39 is 0 Å². The number of aromatic nitrogens is 3. The first-order chi connectivity index (χ1) is 9.33. The van der Waals surface area contributed by atoms with E-state index in [2.05, 4.69) is 10.2 Å². The first-order valence-corrected chi connectivity index (χ1v) is 7.97. The molecule has 2 aliphatic carbocycles. The van der Waals surface area contributed by atoms with Crippen molar-refractivity contribution in [2.24, 2.45) is 0 Å². The Morgan fingerprint density at radius 2 is 2.00 bits per heavy atom. The van der Waals surface area contributed by atoms with Crippen LogP contribution < -0.4 is 5.73 Å². The maximum atomic E-state index is 6.17. The number of nitrogens with two attached hydrogens (primary N) is 1. The number of rotatable bonds is 2. The summed E-state index contributed by atoms with van der Waals surface area (Å²) in [5.74, 6) is 2.46. The summed E-state index contributed by atoms with van der Waals surface area (Å²) in [7, 11) is 0. The zero-order valence-corrected chi connectivity index (χ0v) is 11.7. The van der Waals surface area contributed by atoms with Gasteiger partial charge in [-0.2, -0.15) is 5.10 Å². The van der Waals surface area contributed by atoms with Crippen LogP contribution in [0.15, 0.2) is 0 Å². The molecule has 19 heavy (non-hydrogen) atoms. The van der Waals surface area contributed by atoms with E-state index in [1.165, 1.54) is 49.0 Å². The third-order valence-corrected chi connectivity index (χ3v) is 5.54. The van der Waals surface area contributed by atoms with Crippen molar-refractivity contribution in [2.45, 2.75) is 50.9 Å². The first kappa shape index (κ1) is 11.5. The molecular weight excluding hydrogens is 256 g/mol. The second-order valence-electron chi connectivity index (χ2n) is 5.62. The fraction of sp³-hybridized carbons (Fsp3) is 0.571. The summed E-state index contributed by atoms with van der Waals surface area (Å²) < 4.78 is 0. The van der Waals surface area contributed by atoms with Gasteiger partial charge in [-0.15, -0.1) is 11.3 Å². The summed E-state index contributed by atoms with van der Waals surface area (Å²) in [5.41, 5.74) is 8.68. The Morgan fingerprint density at radius 1 is 1.16 bits per heavy atom. The quantitative estimate of drug-likeness (QED) is 0.883. The Bertz CT molecular complexity index is 607. The van der Waals surface area contributed by atoms with Gasteiger partial charge in [0.1, 0.15) is 5.82 Å². The van der Waals surface area contributed by atoms with Gasteiger partial charge in [0.25, 0.3) is 0 Å². The summed E-state index contributed by atoms with van der Waals surface area (Å²) in [6, 6.07) is 0. The normalized spacial score (nSPS) is 19.2. The van der Waals surface area contributed by atoms with Crippen molar-refractivity contribution in [1.82, 2.24) is 15.2 Å². The van der Waals surface area contributed by atoms with Gasteiger partial charge in [-0.25, -0.2) is 4.98 Å². The van der Waals surface area contributed by atoms with Gasteiger partial charge < -0.3 is 5.73 Å². The molecule has 4 nitrogen and oxygen atoms in total. The number of aryl methyl sites for hydroxylation is 1. The number of H-pyrrole nitrogens is 1. The fourth-order valence-electron chi connectivity index (χ4n) is 3.44. The molecule has 0 amide bonds. The monoisotopic (exact) mass is 274 g/mol. The lowest BCUT2D eigenvalue weighted by atomic mass is 10.1. The average molecular weight is 274 g/mol. The lowest BCUT2D eigenvalue weighted by Crippen LogP contribution is -1.95. The van der Waals surface area contributed by atoms with Gasteiger partial charge in [0.2, 0.25) is 0 Å². The number of nitrogens with zero attached hydrogens (tertiary/aromatic N) is 2. The number of fused-ring (bicyclic) bond motifs is 1. The fourth-order valence-corrected chi connectivity index (χ4v) is 4.59. The minimum Gasteiger partial charge on any atom is -0.390 e. The molecule has 0 radical (unpaired) electrons. The Morgan fingerprint density at radius 3 is 2.84 bits per heavy atom. The van der Waals surface area contributed by atoms with Crippen molar-refractivity contribution in [3.05, 3.63) is 16.3 Å². The molecule has 2 aromatic rings. The maximum Gasteiger partial charge on any atom is 0.184 e. The molecule has 3 N–H and O–H groups in total. The second-order valence-corrected chi connectivity index (χ2v) is 6.76. The van der Waals surface area contributed by atoms with E-state index in [0.29, 0.717) is 5.92 Å². The molecule has 0 aromatic carbocycles. The Kier molecular flexibility index (Phi) is 2.62. The third-order valence-electron chi connectivity index (χ3n) is 4.42. The Hall–Kier alpha value is -1.36. The maximum absolute atomic E-state index is 6.17. The molecule has 1 fully saturated rings. The van der Waals surface area contributed by atoms with Crippen molar-refractivity contribution < 1.29 is 0 Å². The van der Waals surface area contributed by atoms with Crippen LogP contribution in [0, 0.1) is 0 Å². The van der Waals surface area contributed by atoms with Gasteiger partial charge in [-0.3, -0.25) is 5.10 Å². The molecule has 1 saturated carbocycles. The number of hydrogen-bond donors (Lipinski definition) is 2. The molecule has 0 saturated heterocycles. The van der Waals surface area contributed by atoms with Crippen molar-refractivity contribution in [3.63, 3.8) is 0 Å². The molecule has 2 heterocycles. The van der Waals surface area contributed by atoms with Crippen molar-refractivity contribution >= 4 is 16.3 Å². The van der Waals surface area contributed by atoms with Gasteiger partial charge >= 0.3 is 0 Å². The van der Waals surface area contributed by atoms with Crippen LogP contribution in [0.5, 0.6) is 0 Å². The van der Waals surface area contributed by atoms with Crippen LogP contribution in [-0.4, -0.2) is 15.2 Å². The number of aromatic amines is 1. The van der Waals surface area contributed by atoms with Gasteiger partial charge in [0.05, 0.1) is 10.6 Å². The Labute approximate surface area is 116 Å². The number of hydrogen-bond acceptors (Lipinski definition) is 4. The van der Waals surface area contributed by atoms with Crippen LogP contribution in [0.2, 0.25) is 0 Å². The predicted octanol–water partition coefficient (Wildman–Crippen LogP) is 3.26. The molecular formula is C14H18N4S. The van der Waals surface area contributed by atoms with Crippen LogP contribution in [0.1, 0.15) is 54.3 Å². The SMILES string of the molecule is Nc1sc2c(c1-c1n[nH]c(C3CCCC3)n1)CCC2. The summed E-state index contributed by atoms with van der Waals surface area (Å²) in [6.45, 7) is 0. The average Bonchev–Trinajstić information content (AvgIpc) is 3.11. The smallest absolute Gasteiger partial charge is 0.184 e. The van der Waals surface area contributed by atoms with E-state index in [-0.39, 0.29) is 0 Å². The molecule has 2 aromatic heterocycles. The van der Waals surface area contributed by atoms with Crippen molar-refractivity contribution in [3.8, 4) is 11.4 Å². The molecule has 4 rings (SSSR count). The molecule has 0 unspecified atom stereocenters. The van der Waals surface area contributed by atoms with Gasteiger partial charge in [0, 0.05) is 10.8 Å². The van der Waals surface area contributed by atoms with Gasteiger partial charge in [0.15, 0.2) is 5.82 Å². The molecule has 0 bridgehead atoms. The standard InChI is InChI=1S/C14H18N4S/c15-12-11(9-6-3-7-10(9)19-12)14-16-13(17-18-14)8-4-1-2-5-8/h8H,1-7,15H2,(H,16,17,18). The molecule has 0 aliphatic heterocycles. The lowest BCUT2D eigenvalue weighted by Gasteiger charge is -2.02. The number of nitrogens with one attached hydrogen (secondary N) is 1. The van der Waals surface area contributed by atoms with Gasteiger partial charge in [-0.1, -0.05) is 12.8 Å². The highest BCUT2D eigenvalue weighted by Gasteiger charge is 2.26. The van der Waals surface area contributed by atoms with E-state index in [4.69, 9.17) is 10.7 Å². The molecule has 0 spiro atoms. The van der Waals surface area contributed by atoms with E-state index in [0.717, 1.165) is 28.6 Å². The largest absolute Gasteiger partial charge is 0.390 e. The van der Waals surface area contributed by atoms with Crippen LogP contribution in [0.3, 0.4) is 0 Å². The highest BCUT2D eigenvalue weighted by Crippen LogP contribution is 2.42. The number of thiophene rings is 1. The van der Waals surface area contributed by atoms with Crippen molar-refractivity contribution in [1.29, 1.82) is 0 Å². The van der Waals surface area contributed by atoms with E-state index in [1.54, 1.807) is 11.3 Å². The zero-order chi connectivity index (χ0) is 12.8. The van der Waals surface area contributed by atoms with Crippen LogP contribution in [0.25, 0.3) is 11.4 Å². The van der Waals surface area contributed by atoms with Crippen molar-refractivity contribution in [2.75, 3.05) is 5.73 Å². The zero-order valence-electron chi connectivity index (χ0n) is 10.9. The summed E-state index contributed by atoms with van der Waals surface area (Å²) >= 11 is 1.72. The molecule has 5 heteroatoms.